The van der Waals surface area contributed by atoms with Crippen LogP contribution in [0.25, 0.3) is 0 Å². The Hall–Kier alpha value is -1.51. The lowest BCUT2D eigenvalue weighted by atomic mass is 9.77. The van der Waals surface area contributed by atoms with Crippen molar-refractivity contribution in [3.05, 3.63) is 29.0 Å². The monoisotopic (exact) mass is 374 g/mol. The highest BCUT2D eigenvalue weighted by Gasteiger charge is 2.52. The third-order valence-electron chi connectivity index (χ3n) is 3.96. The maximum Gasteiger partial charge on any atom is 0.391 e. The van der Waals surface area contributed by atoms with Crippen LogP contribution in [0.3, 0.4) is 0 Å². The van der Waals surface area contributed by atoms with E-state index >= 15 is 0 Å². The first-order valence-electron chi connectivity index (χ1n) is 7.02. The summed E-state index contributed by atoms with van der Waals surface area (Å²) in [7, 11) is 0. The molecule has 1 amide bonds. The minimum Gasteiger partial charge on any atom is -0.349 e. The van der Waals surface area contributed by atoms with Gasteiger partial charge >= 0.3 is 12.4 Å². The van der Waals surface area contributed by atoms with Gasteiger partial charge in [0.2, 0.25) is 0 Å². The fourth-order valence-corrected chi connectivity index (χ4v) is 2.86. The summed E-state index contributed by atoms with van der Waals surface area (Å²) < 4.78 is 77.3. The molecule has 1 saturated carbocycles. The number of pyridine rings is 1. The Kier molecular flexibility index (Phi) is 5.31. The van der Waals surface area contributed by atoms with Crippen LogP contribution in [-0.4, -0.2) is 29.3 Å². The van der Waals surface area contributed by atoms with Crippen LogP contribution < -0.4 is 5.32 Å². The van der Waals surface area contributed by atoms with E-state index in [4.69, 9.17) is 11.6 Å². The molecule has 0 unspecified atom stereocenters. The molecule has 1 N–H and O–H groups in total. The van der Waals surface area contributed by atoms with Gasteiger partial charge in [0.25, 0.3) is 5.91 Å². The fraction of sp³-hybridized carbons (Fsp3) is 0.571. The number of hydrogen-bond donors (Lipinski definition) is 1. The highest BCUT2D eigenvalue weighted by molar-refractivity contribution is 6.29. The van der Waals surface area contributed by atoms with E-state index in [1.807, 2.05) is 0 Å². The Morgan fingerprint density at radius 1 is 1.04 bits per heavy atom. The second-order valence-electron chi connectivity index (χ2n) is 5.72. The summed E-state index contributed by atoms with van der Waals surface area (Å²) in [5, 5.41) is 2.35. The predicted molar refractivity (Wildman–Crippen MR) is 73.4 cm³/mol. The highest BCUT2D eigenvalue weighted by atomic mass is 35.5. The maximum atomic E-state index is 12.9. The zero-order valence-corrected chi connectivity index (χ0v) is 12.8. The summed E-state index contributed by atoms with van der Waals surface area (Å²) in [4.78, 5) is 15.6. The summed E-state index contributed by atoms with van der Waals surface area (Å²) in [5.74, 6) is -4.99. The molecular weight excluding hydrogens is 362 g/mol. The van der Waals surface area contributed by atoms with Crippen molar-refractivity contribution in [1.82, 2.24) is 10.3 Å². The van der Waals surface area contributed by atoms with E-state index in [-0.39, 0.29) is 10.7 Å². The Bertz CT molecular complexity index is 564. The molecule has 1 heterocycles. The van der Waals surface area contributed by atoms with E-state index in [0.29, 0.717) is 0 Å². The van der Waals surface area contributed by atoms with E-state index in [1.54, 1.807) is 0 Å². The second kappa shape index (κ2) is 6.78. The summed E-state index contributed by atoms with van der Waals surface area (Å²) in [6, 6.07) is 1.37. The van der Waals surface area contributed by atoms with Crippen LogP contribution >= 0.6 is 11.6 Å². The van der Waals surface area contributed by atoms with E-state index < -0.39 is 55.4 Å². The zero-order valence-electron chi connectivity index (χ0n) is 12.1. The van der Waals surface area contributed by atoms with Gasteiger partial charge in [0.15, 0.2) is 0 Å². The Balaban J connectivity index is 2.12. The second-order valence-corrected chi connectivity index (χ2v) is 6.11. The normalized spacial score (nSPS) is 25.4. The number of rotatable bonds is 2. The molecule has 10 heteroatoms. The molecule has 0 saturated heterocycles. The van der Waals surface area contributed by atoms with Gasteiger partial charge in [-0.3, -0.25) is 4.79 Å². The first-order valence-corrected chi connectivity index (χ1v) is 7.40. The highest BCUT2D eigenvalue weighted by Crippen LogP contribution is 2.45. The topological polar surface area (TPSA) is 42.0 Å². The van der Waals surface area contributed by atoms with Crippen LogP contribution in [0, 0.1) is 11.8 Å². The molecule has 0 spiro atoms. The lowest BCUT2D eigenvalue weighted by Gasteiger charge is -2.36. The van der Waals surface area contributed by atoms with Crippen molar-refractivity contribution in [3.8, 4) is 0 Å². The van der Waals surface area contributed by atoms with Gasteiger partial charge in [-0.2, -0.15) is 26.3 Å². The minimum atomic E-state index is -4.74. The number of alkyl halides is 6. The SMILES string of the molecule is O=C(NC1C[C@@H](C(F)(F)F)C[C@H](C(F)(F)F)C1)c1ccc(Cl)nc1. The first kappa shape index (κ1) is 18.8. The molecule has 0 aromatic carbocycles. The number of carbonyl (C=O) groups is 1. The molecule has 3 nitrogen and oxygen atoms in total. The third-order valence-corrected chi connectivity index (χ3v) is 4.18. The molecule has 24 heavy (non-hydrogen) atoms. The van der Waals surface area contributed by atoms with E-state index in [0.717, 1.165) is 6.20 Å². The molecule has 1 aromatic heterocycles. The molecule has 0 aliphatic heterocycles. The third kappa shape index (κ3) is 4.75. The number of aromatic nitrogens is 1. The van der Waals surface area contributed by atoms with Crippen LogP contribution in [0.1, 0.15) is 29.6 Å². The number of carbonyl (C=O) groups excluding carboxylic acids is 1. The van der Waals surface area contributed by atoms with Gasteiger partial charge in [-0.15, -0.1) is 0 Å². The zero-order chi connectivity index (χ0) is 18.1. The van der Waals surface area contributed by atoms with Crippen molar-refractivity contribution in [2.45, 2.75) is 37.7 Å². The molecule has 1 aliphatic carbocycles. The van der Waals surface area contributed by atoms with Gasteiger partial charge < -0.3 is 5.32 Å². The number of hydrogen-bond acceptors (Lipinski definition) is 2. The molecule has 0 bridgehead atoms. The minimum absolute atomic E-state index is 0.0112. The first-order chi connectivity index (χ1) is 11.0. The molecule has 1 fully saturated rings. The number of halogens is 7. The number of amides is 1. The van der Waals surface area contributed by atoms with Crippen molar-refractivity contribution in [3.63, 3.8) is 0 Å². The van der Waals surface area contributed by atoms with Crippen LogP contribution in [0.2, 0.25) is 5.15 Å². The fourth-order valence-electron chi connectivity index (χ4n) is 2.75. The molecule has 0 radical (unpaired) electrons. The summed E-state index contributed by atoms with van der Waals surface area (Å²) in [6.45, 7) is 0. The van der Waals surface area contributed by atoms with Crippen molar-refractivity contribution in [2.24, 2.45) is 11.8 Å². The molecule has 2 atom stereocenters. The Labute approximate surface area is 138 Å². The van der Waals surface area contributed by atoms with Gasteiger partial charge in [0, 0.05) is 12.2 Å². The van der Waals surface area contributed by atoms with Gasteiger partial charge in [-0.25, -0.2) is 4.98 Å². The van der Waals surface area contributed by atoms with Gasteiger partial charge in [0.1, 0.15) is 5.15 Å². The smallest absolute Gasteiger partial charge is 0.349 e. The van der Waals surface area contributed by atoms with Crippen LogP contribution in [0.5, 0.6) is 0 Å². The summed E-state index contributed by atoms with van der Waals surface area (Å²) >= 11 is 5.55. The molecule has 2 rings (SSSR count). The van der Waals surface area contributed by atoms with Gasteiger partial charge in [-0.05, 0) is 31.4 Å². The quantitative estimate of drug-likeness (QED) is 0.617. The number of nitrogens with one attached hydrogen (secondary N) is 1. The summed E-state index contributed by atoms with van der Waals surface area (Å²) in [6.07, 6.45) is -10.6. The predicted octanol–water partition coefficient (Wildman–Crippen LogP) is 4.37. The van der Waals surface area contributed by atoms with E-state index in [1.165, 1.54) is 12.1 Å². The van der Waals surface area contributed by atoms with Gasteiger partial charge in [0.05, 0.1) is 17.4 Å². The standard InChI is InChI=1S/C14H13ClF6N2O/c15-11-2-1-7(6-22-11)12(24)23-10-4-8(13(16,17)18)3-9(5-10)14(19,20)21/h1-2,6,8-10H,3-5H2,(H,23,24)/t8-,9-/m0/s1. The van der Waals surface area contributed by atoms with Crippen LogP contribution in [0.4, 0.5) is 26.3 Å². The average Bonchev–Trinajstić information content (AvgIpc) is 2.45. The van der Waals surface area contributed by atoms with E-state index in [2.05, 4.69) is 10.3 Å². The summed E-state index contributed by atoms with van der Waals surface area (Å²) in [5.41, 5.74) is 0.0112. The lowest BCUT2D eigenvalue weighted by molar-refractivity contribution is -0.225. The molecule has 1 aliphatic rings. The largest absolute Gasteiger partial charge is 0.391 e. The molecular formula is C14H13ClF6N2O. The number of nitrogens with zero attached hydrogens (tertiary/aromatic N) is 1. The van der Waals surface area contributed by atoms with Crippen LogP contribution in [0.15, 0.2) is 18.3 Å². The van der Waals surface area contributed by atoms with Gasteiger partial charge in [-0.1, -0.05) is 11.6 Å². The molecule has 134 valence electrons. The maximum absolute atomic E-state index is 12.9. The van der Waals surface area contributed by atoms with Crippen molar-refractivity contribution in [1.29, 1.82) is 0 Å². The van der Waals surface area contributed by atoms with Crippen molar-refractivity contribution >= 4 is 17.5 Å². The van der Waals surface area contributed by atoms with Crippen molar-refractivity contribution < 1.29 is 31.1 Å². The van der Waals surface area contributed by atoms with Crippen LogP contribution in [-0.2, 0) is 0 Å². The Morgan fingerprint density at radius 3 is 2.00 bits per heavy atom. The average molecular weight is 375 g/mol. The van der Waals surface area contributed by atoms with E-state index in [9.17, 15) is 31.1 Å². The Morgan fingerprint density at radius 2 is 1.58 bits per heavy atom. The molecule has 1 aromatic rings. The van der Waals surface area contributed by atoms with Crippen molar-refractivity contribution in [2.75, 3.05) is 0 Å². The lowest BCUT2D eigenvalue weighted by Crippen LogP contribution is -2.47.